The molecule has 1 unspecified atom stereocenters. The summed E-state index contributed by atoms with van der Waals surface area (Å²) in [5.74, 6) is 0.699. The van der Waals surface area contributed by atoms with Crippen LogP contribution in [0.3, 0.4) is 0 Å². The third kappa shape index (κ3) is 4.11. The lowest BCUT2D eigenvalue weighted by Crippen LogP contribution is -2.06. The summed E-state index contributed by atoms with van der Waals surface area (Å²) in [6.45, 7) is 0.571. The number of hydrogen-bond acceptors (Lipinski definition) is 4. The molecule has 2 rings (SSSR count). The first kappa shape index (κ1) is 15.6. The van der Waals surface area contributed by atoms with Crippen molar-refractivity contribution in [3.63, 3.8) is 0 Å². The van der Waals surface area contributed by atoms with E-state index in [9.17, 15) is 10.2 Å². The summed E-state index contributed by atoms with van der Waals surface area (Å²) in [7, 11) is 0. The van der Waals surface area contributed by atoms with Gasteiger partial charge in [-0.05, 0) is 42.8 Å². The van der Waals surface area contributed by atoms with E-state index in [0.29, 0.717) is 29.3 Å². The first-order chi connectivity index (χ1) is 10.1. The number of aliphatic hydroxyl groups excluding tert-OH is 1. The number of phenols is 1. The van der Waals surface area contributed by atoms with Crippen molar-refractivity contribution in [2.24, 2.45) is 5.73 Å². The Balaban J connectivity index is 2.08. The van der Waals surface area contributed by atoms with Crippen molar-refractivity contribution in [2.45, 2.75) is 19.1 Å². The summed E-state index contributed by atoms with van der Waals surface area (Å²) in [4.78, 5) is 0. The monoisotopic (exact) mass is 307 g/mol. The Morgan fingerprint density at radius 3 is 2.67 bits per heavy atom. The molecule has 5 heteroatoms. The molecule has 0 saturated carbocycles. The number of halogens is 1. The van der Waals surface area contributed by atoms with Crippen LogP contribution in [0.5, 0.6) is 11.5 Å². The number of rotatable bonds is 6. The highest BCUT2D eigenvalue weighted by Gasteiger charge is 2.09. The van der Waals surface area contributed by atoms with E-state index in [0.717, 1.165) is 5.56 Å². The molecule has 4 nitrogen and oxygen atoms in total. The Labute approximate surface area is 128 Å². The average molecular weight is 308 g/mol. The van der Waals surface area contributed by atoms with Crippen LogP contribution in [-0.4, -0.2) is 16.8 Å². The molecule has 1 atom stereocenters. The highest BCUT2D eigenvalue weighted by Crippen LogP contribution is 2.27. The van der Waals surface area contributed by atoms with Gasteiger partial charge in [0.2, 0.25) is 0 Å². The van der Waals surface area contributed by atoms with E-state index in [4.69, 9.17) is 22.1 Å². The molecular formula is C16H18ClNO3. The zero-order valence-corrected chi connectivity index (χ0v) is 12.3. The number of phenolic OH excluding ortho intramolecular Hbond substituents is 1. The fourth-order valence-electron chi connectivity index (χ4n) is 1.98. The van der Waals surface area contributed by atoms with Gasteiger partial charge < -0.3 is 20.7 Å². The van der Waals surface area contributed by atoms with Crippen molar-refractivity contribution in [3.8, 4) is 11.5 Å². The van der Waals surface area contributed by atoms with Gasteiger partial charge in [0.15, 0.2) is 0 Å². The van der Waals surface area contributed by atoms with Gasteiger partial charge in [-0.25, -0.2) is 0 Å². The van der Waals surface area contributed by atoms with Crippen LogP contribution in [0.25, 0.3) is 0 Å². The van der Waals surface area contributed by atoms with E-state index in [1.165, 1.54) is 0 Å². The topological polar surface area (TPSA) is 75.7 Å². The highest BCUT2D eigenvalue weighted by molar-refractivity contribution is 6.31. The van der Waals surface area contributed by atoms with Crippen molar-refractivity contribution in [2.75, 3.05) is 6.54 Å². The molecule has 0 aliphatic heterocycles. The quantitative estimate of drug-likeness (QED) is 0.767. The van der Waals surface area contributed by atoms with Crippen LogP contribution in [0.15, 0.2) is 42.5 Å². The van der Waals surface area contributed by atoms with E-state index in [1.54, 1.807) is 36.4 Å². The van der Waals surface area contributed by atoms with Gasteiger partial charge in [0.1, 0.15) is 18.1 Å². The summed E-state index contributed by atoms with van der Waals surface area (Å²) < 4.78 is 5.64. The number of aromatic hydroxyl groups is 1. The van der Waals surface area contributed by atoms with E-state index in [-0.39, 0.29) is 12.4 Å². The number of benzene rings is 2. The molecule has 0 heterocycles. The van der Waals surface area contributed by atoms with Crippen molar-refractivity contribution in [1.82, 2.24) is 0 Å². The molecule has 0 bridgehead atoms. The van der Waals surface area contributed by atoms with E-state index in [2.05, 4.69) is 0 Å². The minimum absolute atomic E-state index is 0.0989. The molecule has 112 valence electrons. The van der Waals surface area contributed by atoms with E-state index < -0.39 is 6.10 Å². The predicted octanol–water partition coefficient (Wildman–Crippen LogP) is 3.01. The van der Waals surface area contributed by atoms with Gasteiger partial charge in [-0.2, -0.15) is 0 Å². The van der Waals surface area contributed by atoms with Crippen molar-refractivity contribution in [1.29, 1.82) is 0 Å². The molecule has 2 aromatic rings. The SMILES string of the molecule is NCCC(O)c1cccc(OCc2c(O)cccc2Cl)c1. The lowest BCUT2D eigenvalue weighted by molar-refractivity contribution is 0.169. The van der Waals surface area contributed by atoms with Gasteiger partial charge in [-0.1, -0.05) is 29.8 Å². The summed E-state index contributed by atoms with van der Waals surface area (Å²) >= 11 is 6.02. The maximum atomic E-state index is 9.92. The summed E-state index contributed by atoms with van der Waals surface area (Å²) in [6, 6.07) is 12.1. The van der Waals surface area contributed by atoms with Gasteiger partial charge in [-0.3, -0.25) is 0 Å². The molecule has 0 aliphatic carbocycles. The molecule has 0 saturated heterocycles. The molecule has 2 aromatic carbocycles. The number of hydrogen-bond donors (Lipinski definition) is 3. The molecule has 0 aromatic heterocycles. The van der Waals surface area contributed by atoms with Crippen LogP contribution >= 0.6 is 11.6 Å². The van der Waals surface area contributed by atoms with Gasteiger partial charge in [0.05, 0.1) is 11.1 Å². The van der Waals surface area contributed by atoms with Crippen LogP contribution in [0.2, 0.25) is 5.02 Å². The lowest BCUT2D eigenvalue weighted by atomic mass is 10.1. The Morgan fingerprint density at radius 2 is 1.95 bits per heavy atom. The summed E-state index contributed by atoms with van der Waals surface area (Å²) in [5.41, 5.74) is 6.72. The van der Waals surface area contributed by atoms with Crippen LogP contribution in [0, 0.1) is 0 Å². The predicted molar refractivity (Wildman–Crippen MR) is 82.5 cm³/mol. The first-order valence-electron chi connectivity index (χ1n) is 6.69. The molecule has 0 spiro atoms. The second-order valence-electron chi connectivity index (χ2n) is 4.69. The maximum Gasteiger partial charge on any atom is 0.123 e. The zero-order valence-electron chi connectivity index (χ0n) is 11.5. The highest BCUT2D eigenvalue weighted by atomic mass is 35.5. The lowest BCUT2D eigenvalue weighted by Gasteiger charge is -2.13. The van der Waals surface area contributed by atoms with Crippen molar-refractivity contribution < 1.29 is 14.9 Å². The summed E-state index contributed by atoms with van der Waals surface area (Å²) in [6.07, 6.45) is -0.110. The molecular weight excluding hydrogens is 290 g/mol. The van der Waals surface area contributed by atoms with Gasteiger partial charge in [0, 0.05) is 5.56 Å². The van der Waals surface area contributed by atoms with Gasteiger partial charge in [-0.15, -0.1) is 0 Å². The third-order valence-corrected chi connectivity index (χ3v) is 3.51. The van der Waals surface area contributed by atoms with Crippen LogP contribution in [-0.2, 0) is 6.61 Å². The fourth-order valence-corrected chi connectivity index (χ4v) is 2.21. The third-order valence-electron chi connectivity index (χ3n) is 3.16. The minimum Gasteiger partial charge on any atom is -0.507 e. The van der Waals surface area contributed by atoms with E-state index >= 15 is 0 Å². The van der Waals surface area contributed by atoms with Crippen LogP contribution in [0.1, 0.15) is 23.7 Å². The van der Waals surface area contributed by atoms with Gasteiger partial charge in [0.25, 0.3) is 0 Å². The Kier molecular flexibility index (Phi) is 5.44. The largest absolute Gasteiger partial charge is 0.507 e. The molecule has 4 N–H and O–H groups in total. The Hall–Kier alpha value is -1.75. The summed E-state index contributed by atoms with van der Waals surface area (Å²) in [5, 5.41) is 20.1. The number of ether oxygens (including phenoxy) is 1. The van der Waals surface area contributed by atoms with Gasteiger partial charge >= 0.3 is 0 Å². The zero-order chi connectivity index (χ0) is 15.2. The van der Waals surface area contributed by atoms with E-state index in [1.807, 2.05) is 6.07 Å². The number of aliphatic hydroxyl groups is 1. The second kappa shape index (κ2) is 7.31. The van der Waals surface area contributed by atoms with Crippen LogP contribution < -0.4 is 10.5 Å². The second-order valence-corrected chi connectivity index (χ2v) is 5.10. The standard InChI is InChI=1S/C16H18ClNO3/c17-14-5-2-6-16(20)13(14)10-21-12-4-1-3-11(9-12)15(19)7-8-18/h1-6,9,15,19-20H,7-8,10,18H2. The van der Waals surface area contributed by atoms with Crippen LogP contribution in [0.4, 0.5) is 0 Å². The smallest absolute Gasteiger partial charge is 0.123 e. The average Bonchev–Trinajstić information content (AvgIpc) is 2.47. The Bertz CT molecular complexity index is 584. The Morgan fingerprint density at radius 1 is 1.19 bits per heavy atom. The normalized spacial score (nSPS) is 12.1. The molecule has 21 heavy (non-hydrogen) atoms. The molecule has 0 radical (unpaired) electrons. The molecule has 0 fully saturated rings. The number of nitrogens with two attached hydrogens (primary N) is 1. The van der Waals surface area contributed by atoms with Crippen molar-refractivity contribution >= 4 is 11.6 Å². The first-order valence-corrected chi connectivity index (χ1v) is 7.07. The minimum atomic E-state index is -0.604. The maximum absolute atomic E-state index is 9.92. The molecule has 0 amide bonds. The molecule has 0 aliphatic rings. The fraction of sp³-hybridized carbons (Fsp3) is 0.250. The van der Waals surface area contributed by atoms with Crippen molar-refractivity contribution in [3.05, 3.63) is 58.6 Å².